The Morgan fingerprint density at radius 1 is 1.50 bits per heavy atom. The smallest absolute Gasteiger partial charge is 0.154 e. The summed E-state index contributed by atoms with van der Waals surface area (Å²) in [6, 6.07) is 2.19. The molecule has 2 heterocycles. The van der Waals surface area contributed by atoms with E-state index in [1.807, 2.05) is 31.7 Å². The summed E-state index contributed by atoms with van der Waals surface area (Å²) in [4.78, 5) is 4.25. The van der Waals surface area contributed by atoms with Gasteiger partial charge in [0, 0.05) is 25.9 Å². The van der Waals surface area contributed by atoms with Gasteiger partial charge in [0.2, 0.25) is 0 Å². The fourth-order valence-electron chi connectivity index (χ4n) is 1.84. The standard InChI is InChI=1S/C11H13N5/c1-4-10-13-5-6-16(10)11-9(7-12)8(2)14-15(11)3/h5-6H,4H2,1-3H3. The number of hydrogen-bond acceptors (Lipinski definition) is 3. The summed E-state index contributed by atoms with van der Waals surface area (Å²) < 4.78 is 3.63. The van der Waals surface area contributed by atoms with Crippen molar-refractivity contribution in [3.05, 3.63) is 29.5 Å². The van der Waals surface area contributed by atoms with Gasteiger partial charge in [-0.15, -0.1) is 0 Å². The molecular weight excluding hydrogens is 202 g/mol. The summed E-state index contributed by atoms with van der Waals surface area (Å²) in [5.41, 5.74) is 1.35. The summed E-state index contributed by atoms with van der Waals surface area (Å²) in [7, 11) is 1.84. The van der Waals surface area contributed by atoms with Gasteiger partial charge in [-0.3, -0.25) is 9.25 Å². The van der Waals surface area contributed by atoms with E-state index in [1.165, 1.54) is 0 Å². The van der Waals surface area contributed by atoms with Gasteiger partial charge >= 0.3 is 0 Å². The van der Waals surface area contributed by atoms with Crippen LogP contribution in [0.5, 0.6) is 0 Å². The molecule has 5 heteroatoms. The van der Waals surface area contributed by atoms with Crippen LogP contribution in [0.1, 0.15) is 24.0 Å². The molecule has 82 valence electrons. The number of imidazole rings is 1. The molecule has 0 radical (unpaired) electrons. The van der Waals surface area contributed by atoms with E-state index in [9.17, 15) is 0 Å². The van der Waals surface area contributed by atoms with E-state index < -0.39 is 0 Å². The monoisotopic (exact) mass is 215 g/mol. The molecule has 0 amide bonds. The van der Waals surface area contributed by atoms with Crippen molar-refractivity contribution < 1.29 is 0 Å². The normalized spacial score (nSPS) is 10.4. The van der Waals surface area contributed by atoms with Crippen LogP contribution in [-0.4, -0.2) is 19.3 Å². The first kappa shape index (κ1) is 10.4. The SMILES string of the molecule is CCc1nccn1-c1c(C#N)c(C)nn1C. The van der Waals surface area contributed by atoms with Gasteiger partial charge in [-0.05, 0) is 6.92 Å². The van der Waals surface area contributed by atoms with Crippen LogP contribution in [0.4, 0.5) is 0 Å². The third-order valence-electron chi connectivity index (χ3n) is 2.57. The molecule has 0 bridgehead atoms. The lowest BCUT2D eigenvalue weighted by atomic mass is 10.2. The van der Waals surface area contributed by atoms with Gasteiger partial charge in [0.15, 0.2) is 5.82 Å². The zero-order chi connectivity index (χ0) is 11.7. The summed E-state index contributed by atoms with van der Waals surface area (Å²) in [6.45, 7) is 3.87. The van der Waals surface area contributed by atoms with Crippen LogP contribution in [0.15, 0.2) is 12.4 Å². The summed E-state index contributed by atoms with van der Waals surface area (Å²) in [5.74, 6) is 1.72. The van der Waals surface area contributed by atoms with E-state index >= 15 is 0 Å². The molecular formula is C11H13N5. The summed E-state index contributed by atoms with van der Waals surface area (Å²) >= 11 is 0. The minimum atomic E-state index is 0.607. The fraction of sp³-hybridized carbons (Fsp3) is 0.364. The average molecular weight is 215 g/mol. The molecule has 0 saturated heterocycles. The van der Waals surface area contributed by atoms with Crippen molar-refractivity contribution in [2.75, 3.05) is 0 Å². The number of rotatable bonds is 2. The minimum Gasteiger partial charge on any atom is -0.287 e. The van der Waals surface area contributed by atoms with Crippen LogP contribution in [0.3, 0.4) is 0 Å². The molecule has 0 unspecified atom stereocenters. The van der Waals surface area contributed by atoms with Crippen molar-refractivity contribution in [3.63, 3.8) is 0 Å². The summed E-state index contributed by atoms with van der Waals surface area (Å²) in [6.07, 6.45) is 4.42. The number of nitrogens with zero attached hydrogens (tertiary/aromatic N) is 5. The van der Waals surface area contributed by atoms with Gasteiger partial charge in [-0.2, -0.15) is 10.4 Å². The molecule has 5 nitrogen and oxygen atoms in total. The highest BCUT2D eigenvalue weighted by Crippen LogP contribution is 2.18. The molecule has 2 rings (SSSR count). The molecule has 0 N–H and O–H groups in total. The lowest BCUT2D eigenvalue weighted by molar-refractivity contribution is 0.708. The quantitative estimate of drug-likeness (QED) is 0.759. The van der Waals surface area contributed by atoms with Gasteiger partial charge in [-0.1, -0.05) is 6.92 Å². The van der Waals surface area contributed by atoms with E-state index in [4.69, 9.17) is 5.26 Å². The number of aryl methyl sites for hydroxylation is 3. The zero-order valence-corrected chi connectivity index (χ0v) is 9.60. The highest BCUT2D eigenvalue weighted by Gasteiger charge is 2.16. The van der Waals surface area contributed by atoms with Crippen molar-refractivity contribution in [3.8, 4) is 11.9 Å². The Labute approximate surface area is 94.0 Å². The lowest BCUT2D eigenvalue weighted by Gasteiger charge is -2.06. The molecule has 0 aliphatic rings. The number of hydrogen-bond donors (Lipinski definition) is 0. The zero-order valence-electron chi connectivity index (χ0n) is 9.60. The van der Waals surface area contributed by atoms with Crippen LogP contribution in [0.2, 0.25) is 0 Å². The number of nitriles is 1. The molecule has 0 spiro atoms. The van der Waals surface area contributed by atoms with Crippen molar-refractivity contribution >= 4 is 0 Å². The Bertz CT molecular complexity index is 555. The number of aromatic nitrogens is 4. The largest absolute Gasteiger partial charge is 0.287 e. The molecule has 2 aromatic heterocycles. The van der Waals surface area contributed by atoms with Crippen LogP contribution in [-0.2, 0) is 13.5 Å². The topological polar surface area (TPSA) is 59.4 Å². The van der Waals surface area contributed by atoms with Crippen molar-refractivity contribution in [1.29, 1.82) is 5.26 Å². The van der Waals surface area contributed by atoms with E-state index in [2.05, 4.69) is 16.2 Å². The maximum atomic E-state index is 9.14. The summed E-state index contributed by atoms with van der Waals surface area (Å²) in [5, 5.41) is 13.4. The molecule has 0 atom stereocenters. The molecule has 0 aliphatic heterocycles. The Morgan fingerprint density at radius 2 is 2.25 bits per heavy atom. The maximum Gasteiger partial charge on any atom is 0.154 e. The van der Waals surface area contributed by atoms with E-state index in [-0.39, 0.29) is 0 Å². The van der Waals surface area contributed by atoms with Gasteiger partial charge in [0.25, 0.3) is 0 Å². The van der Waals surface area contributed by atoms with Gasteiger partial charge in [-0.25, -0.2) is 4.98 Å². The van der Waals surface area contributed by atoms with E-state index in [1.54, 1.807) is 10.9 Å². The molecule has 0 aliphatic carbocycles. The second-order valence-electron chi connectivity index (χ2n) is 3.59. The fourth-order valence-corrected chi connectivity index (χ4v) is 1.84. The highest BCUT2D eigenvalue weighted by molar-refractivity contribution is 5.47. The molecule has 16 heavy (non-hydrogen) atoms. The van der Waals surface area contributed by atoms with Crippen LogP contribution < -0.4 is 0 Å². The van der Waals surface area contributed by atoms with Gasteiger partial charge in [0.05, 0.1) is 5.69 Å². The van der Waals surface area contributed by atoms with Crippen LogP contribution >= 0.6 is 0 Å². The van der Waals surface area contributed by atoms with Gasteiger partial charge in [0.1, 0.15) is 17.5 Å². The third-order valence-corrected chi connectivity index (χ3v) is 2.57. The third kappa shape index (κ3) is 1.39. The van der Waals surface area contributed by atoms with Gasteiger partial charge < -0.3 is 0 Å². The second-order valence-corrected chi connectivity index (χ2v) is 3.59. The first-order valence-corrected chi connectivity index (χ1v) is 5.15. The Hall–Kier alpha value is -2.09. The highest BCUT2D eigenvalue weighted by atomic mass is 15.3. The lowest BCUT2D eigenvalue weighted by Crippen LogP contribution is -2.06. The second kappa shape index (κ2) is 3.81. The van der Waals surface area contributed by atoms with Crippen molar-refractivity contribution in [1.82, 2.24) is 19.3 Å². The first-order valence-electron chi connectivity index (χ1n) is 5.15. The average Bonchev–Trinajstić information content (AvgIpc) is 2.81. The molecule has 0 fully saturated rings. The van der Waals surface area contributed by atoms with Crippen LogP contribution in [0.25, 0.3) is 5.82 Å². The molecule has 0 aromatic carbocycles. The Balaban J connectivity index is 2.69. The predicted molar refractivity (Wildman–Crippen MR) is 59.2 cm³/mol. The first-order chi connectivity index (χ1) is 7.69. The Kier molecular flexibility index (Phi) is 2.49. The molecule has 2 aromatic rings. The van der Waals surface area contributed by atoms with E-state index in [0.29, 0.717) is 5.56 Å². The van der Waals surface area contributed by atoms with Crippen molar-refractivity contribution in [2.45, 2.75) is 20.3 Å². The van der Waals surface area contributed by atoms with Crippen molar-refractivity contribution in [2.24, 2.45) is 7.05 Å². The minimum absolute atomic E-state index is 0.607. The molecule has 0 saturated carbocycles. The van der Waals surface area contributed by atoms with E-state index in [0.717, 1.165) is 23.8 Å². The maximum absolute atomic E-state index is 9.14. The Morgan fingerprint density at radius 3 is 2.88 bits per heavy atom. The predicted octanol–water partition coefficient (Wildman–Crippen LogP) is 1.35. The van der Waals surface area contributed by atoms with Crippen LogP contribution in [0, 0.1) is 18.3 Å².